The number of amides is 1. The zero-order valence-corrected chi connectivity index (χ0v) is 17.6. The summed E-state index contributed by atoms with van der Waals surface area (Å²) in [4.78, 5) is 16.8. The first-order chi connectivity index (χ1) is 13.7. The molecule has 3 heteroatoms. The minimum absolute atomic E-state index is 0.153. The quantitative estimate of drug-likeness (QED) is 0.543. The van der Waals surface area contributed by atoms with E-state index in [1.54, 1.807) is 12.3 Å². The highest BCUT2D eigenvalue weighted by Crippen LogP contribution is 2.45. The van der Waals surface area contributed by atoms with Crippen LogP contribution in [0, 0.1) is 0 Å². The molecular formula is C26H28N2O. The molecule has 0 unspecified atom stereocenters. The number of para-hydroxylation sites is 1. The molecule has 0 spiro atoms. The Kier molecular flexibility index (Phi) is 4.77. The Morgan fingerprint density at radius 1 is 0.966 bits per heavy atom. The number of hydrogen-bond donors (Lipinski definition) is 1. The predicted octanol–water partition coefficient (Wildman–Crippen LogP) is 6.24. The Balaban J connectivity index is 1.53. The van der Waals surface area contributed by atoms with E-state index >= 15 is 0 Å². The van der Waals surface area contributed by atoms with Crippen LogP contribution in [-0.2, 0) is 15.6 Å². The second-order valence-electron chi connectivity index (χ2n) is 9.31. The fourth-order valence-electron chi connectivity index (χ4n) is 4.21. The van der Waals surface area contributed by atoms with E-state index in [-0.39, 0.29) is 16.7 Å². The number of pyridine rings is 1. The van der Waals surface area contributed by atoms with Crippen LogP contribution in [0.3, 0.4) is 0 Å². The van der Waals surface area contributed by atoms with E-state index in [2.05, 4.69) is 56.2 Å². The van der Waals surface area contributed by atoms with Crippen LogP contribution in [0.2, 0.25) is 0 Å². The van der Waals surface area contributed by atoms with Gasteiger partial charge in [0.15, 0.2) is 0 Å². The van der Waals surface area contributed by atoms with Gasteiger partial charge >= 0.3 is 0 Å². The van der Waals surface area contributed by atoms with Gasteiger partial charge in [-0.15, -0.1) is 0 Å². The smallest absolute Gasteiger partial charge is 0.248 e. The van der Waals surface area contributed by atoms with Crippen molar-refractivity contribution in [1.82, 2.24) is 4.98 Å². The van der Waals surface area contributed by atoms with E-state index in [1.165, 1.54) is 24.0 Å². The summed E-state index contributed by atoms with van der Waals surface area (Å²) < 4.78 is 0. The summed E-state index contributed by atoms with van der Waals surface area (Å²) in [6.07, 6.45) is 7.55. The molecule has 0 aliphatic heterocycles. The van der Waals surface area contributed by atoms with Gasteiger partial charge in [0.05, 0.1) is 17.4 Å². The van der Waals surface area contributed by atoms with Crippen molar-refractivity contribution in [1.29, 1.82) is 0 Å². The molecule has 0 saturated heterocycles. The SMILES string of the molecule is CC1(C)CCC(C)(C)c2cc(C=CC(=O)Nc3cnc4ccccc4c3)ccc21. The first-order valence-electron chi connectivity index (χ1n) is 10.2. The van der Waals surface area contributed by atoms with E-state index in [9.17, 15) is 4.79 Å². The highest BCUT2D eigenvalue weighted by atomic mass is 16.1. The summed E-state index contributed by atoms with van der Waals surface area (Å²) in [7, 11) is 0. The van der Waals surface area contributed by atoms with Gasteiger partial charge in [-0.05, 0) is 58.6 Å². The van der Waals surface area contributed by atoms with Gasteiger partial charge in [-0.25, -0.2) is 0 Å². The van der Waals surface area contributed by atoms with E-state index < -0.39 is 0 Å². The largest absolute Gasteiger partial charge is 0.321 e. The number of aromatic nitrogens is 1. The Bertz CT molecular complexity index is 1110. The number of rotatable bonds is 3. The highest BCUT2D eigenvalue weighted by molar-refractivity contribution is 6.02. The second-order valence-corrected chi connectivity index (χ2v) is 9.31. The summed E-state index contributed by atoms with van der Waals surface area (Å²) in [6.45, 7) is 9.27. The van der Waals surface area contributed by atoms with Crippen LogP contribution >= 0.6 is 0 Å². The molecular weight excluding hydrogens is 356 g/mol. The van der Waals surface area contributed by atoms with E-state index in [0.717, 1.165) is 16.5 Å². The van der Waals surface area contributed by atoms with Gasteiger partial charge in [-0.3, -0.25) is 9.78 Å². The number of carbonyl (C=O) groups is 1. The van der Waals surface area contributed by atoms with Crippen LogP contribution in [0.15, 0.2) is 60.8 Å². The number of hydrogen-bond acceptors (Lipinski definition) is 2. The lowest BCUT2D eigenvalue weighted by atomic mass is 9.63. The Hall–Kier alpha value is -2.94. The van der Waals surface area contributed by atoms with Crippen LogP contribution in [0.5, 0.6) is 0 Å². The first kappa shape index (κ1) is 19.4. The predicted molar refractivity (Wildman–Crippen MR) is 121 cm³/mol. The number of carbonyl (C=O) groups excluding carboxylic acids is 1. The van der Waals surface area contributed by atoms with E-state index in [4.69, 9.17) is 0 Å². The van der Waals surface area contributed by atoms with Crippen molar-refractivity contribution in [3.05, 3.63) is 77.5 Å². The molecule has 1 N–H and O–H groups in total. The average Bonchev–Trinajstić information content (AvgIpc) is 2.70. The minimum Gasteiger partial charge on any atom is -0.321 e. The molecule has 2 aromatic carbocycles. The van der Waals surface area contributed by atoms with Crippen molar-refractivity contribution in [2.24, 2.45) is 0 Å². The lowest BCUT2D eigenvalue weighted by molar-refractivity contribution is -0.111. The maximum absolute atomic E-state index is 12.4. The number of nitrogens with one attached hydrogen (secondary N) is 1. The molecule has 4 rings (SSSR count). The Morgan fingerprint density at radius 3 is 2.48 bits per heavy atom. The van der Waals surface area contributed by atoms with Gasteiger partial charge in [-0.2, -0.15) is 0 Å². The monoisotopic (exact) mass is 384 g/mol. The maximum atomic E-state index is 12.4. The molecule has 29 heavy (non-hydrogen) atoms. The molecule has 0 atom stereocenters. The van der Waals surface area contributed by atoms with Gasteiger partial charge in [0.2, 0.25) is 5.91 Å². The van der Waals surface area contributed by atoms with Crippen molar-refractivity contribution in [3.8, 4) is 0 Å². The van der Waals surface area contributed by atoms with Crippen LogP contribution in [0.4, 0.5) is 5.69 Å². The molecule has 1 heterocycles. The van der Waals surface area contributed by atoms with Crippen LogP contribution < -0.4 is 5.32 Å². The molecule has 0 saturated carbocycles. The molecule has 3 nitrogen and oxygen atoms in total. The normalized spacial score (nSPS) is 17.2. The zero-order chi connectivity index (χ0) is 20.6. The number of anilines is 1. The van der Waals surface area contributed by atoms with Gasteiger partial charge in [0, 0.05) is 11.5 Å². The molecule has 0 bridgehead atoms. The third-order valence-electron chi connectivity index (χ3n) is 6.16. The third kappa shape index (κ3) is 3.95. The van der Waals surface area contributed by atoms with Crippen molar-refractivity contribution >= 4 is 28.6 Å². The van der Waals surface area contributed by atoms with Gasteiger partial charge in [-0.1, -0.05) is 64.1 Å². The first-order valence-corrected chi connectivity index (χ1v) is 10.2. The molecule has 1 amide bonds. The fourth-order valence-corrected chi connectivity index (χ4v) is 4.21. The summed E-state index contributed by atoms with van der Waals surface area (Å²) in [6, 6.07) is 16.4. The van der Waals surface area contributed by atoms with Gasteiger partial charge in [0.25, 0.3) is 0 Å². The van der Waals surface area contributed by atoms with Gasteiger partial charge in [0.1, 0.15) is 0 Å². The van der Waals surface area contributed by atoms with Crippen LogP contribution in [0.25, 0.3) is 17.0 Å². The summed E-state index contributed by atoms with van der Waals surface area (Å²) in [5, 5.41) is 3.92. The Morgan fingerprint density at radius 2 is 1.69 bits per heavy atom. The van der Waals surface area contributed by atoms with Crippen LogP contribution in [0.1, 0.15) is 57.2 Å². The molecule has 3 aromatic rings. The molecule has 0 radical (unpaired) electrons. The molecule has 148 valence electrons. The average molecular weight is 385 g/mol. The lowest BCUT2D eigenvalue weighted by Crippen LogP contribution is -2.33. The highest BCUT2D eigenvalue weighted by Gasteiger charge is 2.36. The number of benzene rings is 2. The third-order valence-corrected chi connectivity index (χ3v) is 6.16. The summed E-state index contributed by atoms with van der Waals surface area (Å²) >= 11 is 0. The van der Waals surface area contributed by atoms with Crippen LogP contribution in [-0.4, -0.2) is 10.9 Å². The summed E-state index contributed by atoms with van der Waals surface area (Å²) in [5.74, 6) is -0.153. The topological polar surface area (TPSA) is 42.0 Å². The molecule has 1 aliphatic rings. The zero-order valence-electron chi connectivity index (χ0n) is 17.6. The van der Waals surface area contributed by atoms with Crippen molar-refractivity contribution < 1.29 is 4.79 Å². The Labute approximate surface area is 172 Å². The fraction of sp³-hybridized carbons (Fsp3) is 0.308. The molecule has 0 fully saturated rings. The maximum Gasteiger partial charge on any atom is 0.248 e. The standard InChI is InChI=1S/C26H28N2O/c1-25(2)13-14-26(3,4)22-15-18(9-11-21(22)25)10-12-24(29)28-20-16-19-7-5-6-8-23(19)27-17-20/h5-12,15-17H,13-14H2,1-4H3,(H,28,29). The van der Waals surface area contributed by atoms with E-state index in [0.29, 0.717) is 5.69 Å². The second kappa shape index (κ2) is 7.14. The van der Waals surface area contributed by atoms with E-state index in [1.807, 2.05) is 36.4 Å². The van der Waals surface area contributed by atoms with Crippen molar-refractivity contribution in [2.45, 2.75) is 51.4 Å². The molecule has 1 aromatic heterocycles. The number of fused-ring (bicyclic) bond motifs is 2. The molecule has 1 aliphatic carbocycles. The van der Waals surface area contributed by atoms with Crippen molar-refractivity contribution in [3.63, 3.8) is 0 Å². The minimum atomic E-state index is -0.153. The number of nitrogens with zero attached hydrogens (tertiary/aromatic N) is 1. The van der Waals surface area contributed by atoms with Gasteiger partial charge < -0.3 is 5.32 Å². The lowest BCUT2D eigenvalue weighted by Gasteiger charge is -2.42. The summed E-state index contributed by atoms with van der Waals surface area (Å²) in [5.41, 5.74) is 5.86. The van der Waals surface area contributed by atoms with Crippen molar-refractivity contribution in [2.75, 3.05) is 5.32 Å².